The third-order valence-corrected chi connectivity index (χ3v) is 2.72. The smallest absolute Gasteiger partial charge is 0.265 e. The highest BCUT2D eigenvalue weighted by molar-refractivity contribution is 5.98. The number of aromatic nitrogens is 1. The van der Waals surface area contributed by atoms with E-state index in [0.717, 1.165) is 5.56 Å². The number of benzene rings is 1. The number of amides is 1. The molecule has 1 aromatic carbocycles. The predicted molar refractivity (Wildman–Crippen MR) is 65.1 cm³/mol. The minimum atomic E-state index is -0.482. The second-order valence-corrected chi connectivity index (χ2v) is 4.08. The Bertz CT molecular complexity index is 621. The van der Waals surface area contributed by atoms with Gasteiger partial charge >= 0.3 is 0 Å². The molecule has 0 saturated carbocycles. The summed E-state index contributed by atoms with van der Waals surface area (Å²) in [5.41, 5.74) is 6.89. The van der Waals surface area contributed by atoms with Gasteiger partial charge in [-0.25, -0.2) is 0 Å². The van der Waals surface area contributed by atoms with Gasteiger partial charge in [0.15, 0.2) is 17.7 Å². The molecule has 1 aliphatic heterocycles. The van der Waals surface area contributed by atoms with Gasteiger partial charge in [0.25, 0.3) is 5.91 Å². The van der Waals surface area contributed by atoms with E-state index in [0.29, 0.717) is 23.0 Å². The third-order valence-electron chi connectivity index (χ3n) is 2.72. The molecule has 2 heterocycles. The summed E-state index contributed by atoms with van der Waals surface area (Å²) in [6.45, 7) is 1.70. The van der Waals surface area contributed by atoms with Crippen molar-refractivity contribution in [2.75, 3.05) is 11.1 Å². The monoisotopic (exact) mass is 245 g/mol. The van der Waals surface area contributed by atoms with E-state index in [9.17, 15) is 4.79 Å². The number of hydrogen-bond acceptors (Lipinski definition) is 5. The molecule has 92 valence electrons. The Hall–Kier alpha value is -2.50. The van der Waals surface area contributed by atoms with Crippen molar-refractivity contribution in [1.29, 1.82) is 0 Å². The van der Waals surface area contributed by atoms with E-state index in [4.69, 9.17) is 15.0 Å². The summed E-state index contributed by atoms with van der Waals surface area (Å²) in [6.07, 6.45) is -0.482. The number of ether oxygens (including phenoxy) is 1. The lowest BCUT2D eigenvalue weighted by atomic mass is 10.1. The van der Waals surface area contributed by atoms with Gasteiger partial charge in [-0.1, -0.05) is 5.16 Å². The Labute approximate surface area is 103 Å². The standard InChI is InChI=1S/C12H11N3O3/c1-6-12(16)14-8-4-7(2-3-9(8)17-6)10-5-11(13)15-18-10/h2-6H,1H3,(H2,13,15)(H,14,16). The molecule has 1 unspecified atom stereocenters. The zero-order valence-electron chi connectivity index (χ0n) is 9.64. The lowest BCUT2D eigenvalue weighted by Crippen LogP contribution is -2.34. The van der Waals surface area contributed by atoms with Gasteiger partial charge in [0.1, 0.15) is 5.75 Å². The van der Waals surface area contributed by atoms with Crippen LogP contribution in [-0.2, 0) is 4.79 Å². The molecule has 0 aliphatic carbocycles. The quantitative estimate of drug-likeness (QED) is 0.797. The van der Waals surface area contributed by atoms with Crippen molar-refractivity contribution in [2.45, 2.75) is 13.0 Å². The zero-order valence-corrected chi connectivity index (χ0v) is 9.64. The van der Waals surface area contributed by atoms with E-state index in [2.05, 4.69) is 10.5 Å². The fourth-order valence-corrected chi connectivity index (χ4v) is 1.79. The lowest BCUT2D eigenvalue weighted by molar-refractivity contribution is -0.122. The number of nitrogens with one attached hydrogen (secondary N) is 1. The second-order valence-electron chi connectivity index (χ2n) is 4.08. The summed E-state index contributed by atoms with van der Waals surface area (Å²) >= 11 is 0. The molecule has 1 aliphatic rings. The highest BCUT2D eigenvalue weighted by atomic mass is 16.5. The van der Waals surface area contributed by atoms with Crippen LogP contribution in [-0.4, -0.2) is 17.2 Å². The van der Waals surface area contributed by atoms with Crippen LogP contribution < -0.4 is 15.8 Å². The van der Waals surface area contributed by atoms with E-state index in [1.54, 1.807) is 25.1 Å². The molecule has 3 rings (SSSR count). The maximum atomic E-state index is 11.5. The van der Waals surface area contributed by atoms with Crippen LogP contribution in [0.5, 0.6) is 5.75 Å². The zero-order chi connectivity index (χ0) is 12.7. The Kier molecular flexibility index (Phi) is 2.22. The number of nitrogens with zero attached hydrogens (tertiary/aromatic N) is 1. The first-order chi connectivity index (χ1) is 8.63. The number of hydrogen-bond donors (Lipinski definition) is 2. The molecule has 0 fully saturated rings. The average Bonchev–Trinajstić information content (AvgIpc) is 2.77. The molecule has 3 N–H and O–H groups in total. The molecule has 6 nitrogen and oxygen atoms in total. The number of carbonyl (C=O) groups is 1. The van der Waals surface area contributed by atoms with Crippen molar-refractivity contribution in [3.05, 3.63) is 24.3 Å². The first kappa shape index (κ1) is 10.6. The van der Waals surface area contributed by atoms with Gasteiger partial charge < -0.3 is 20.3 Å². The molecular formula is C12H11N3O3. The Morgan fingerprint density at radius 2 is 2.22 bits per heavy atom. The lowest BCUT2D eigenvalue weighted by Gasteiger charge is -2.23. The number of nitrogens with two attached hydrogens (primary N) is 1. The van der Waals surface area contributed by atoms with E-state index in [1.807, 2.05) is 6.07 Å². The first-order valence-electron chi connectivity index (χ1n) is 5.47. The predicted octanol–water partition coefficient (Wildman–Crippen LogP) is 1.64. The van der Waals surface area contributed by atoms with Crippen LogP contribution in [0.15, 0.2) is 28.8 Å². The summed E-state index contributed by atoms with van der Waals surface area (Å²) < 4.78 is 10.5. The van der Waals surface area contributed by atoms with Crippen molar-refractivity contribution < 1.29 is 14.1 Å². The minimum absolute atomic E-state index is 0.170. The topological polar surface area (TPSA) is 90.4 Å². The van der Waals surface area contributed by atoms with Crippen LogP contribution in [0.1, 0.15) is 6.92 Å². The van der Waals surface area contributed by atoms with Crippen molar-refractivity contribution in [2.24, 2.45) is 0 Å². The molecule has 0 bridgehead atoms. The van der Waals surface area contributed by atoms with Gasteiger partial charge in [-0.15, -0.1) is 0 Å². The summed E-state index contributed by atoms with van der Waals surface area (Å²) in [6, 6.07) is 6.98. The molecule has 1 aromatic heterocycles. The largest absolute Gasteiger partial charge is 0.479 e. The molecule has 0 saturated heterocycles. The number of anilines is 2. The molecule has 1 amide bonds. The molecule has 18 heavy (non-hydrogen) atoms. The summed E-state index contributed by atoms with van der Waals surface area (Å²) in [4.78, 5) is 11.5. The summed E-state index contributed by atoms with van der Waals surface area (Å²) in [5.74, 6) is 1.33. The third kappa shape index (κ3) is 1.67. The van der Waals surface area contributed by atoms with Gasteiger partial charge in [0.05, 0.1) is 5.69 Å². The molecule has 2 aromatic rings. The van der Waals surface area contributed by atoms with Crippen molar-refractivity contribution in [1.82, 2.24) is 5.16 Å². The number of rotatable bonds is 1. The van der Waals surface area contributed by atoms with Crippen LogP contribution in [0.3, 0.4) is 0 Å². The Morgan fingerprint density at radius 3 is 2.94 bits per heavy atom. The first-order valence-corrected chi connectivity index (χ1v) is 5.47. The molecule has 0 spiro atoms. The van der Waals surface area contributed by atoms with Crippen LogP contribution in [0.4, 0.5) is 11.5 Å². The van der Waals surface area contributed by atoms with Gasteiger partial charge in [-0.3, -0.25) is 4.79 Å². The number of fused-ring (bicyclic) bond motifs is 1. The normalized spacial score (nSPS) is 17.8. The second kappa shape index (κ2) is 3.76. The van der Waals surface area contributed by atoms with Crippen LogP contribution >= 0.6 is 0 Å². The summed E-state index contributed by atoms with van der Waals surface area (Å²) in [7, 11) is 0. The fourth-order valence-electron chi connectivity index (χ4n) is 1.79. The van der Waals surface area contributed by atoms with Crippen molar-refractivity contribution in [3.8, 4) is 17.1 Å². The number of carbonyl (C=O) groups excluding carboxylic acids is 1. The molecule has 0 radical (unpaired) electrons. The fraction of sp³-hybridized carbons (Fsp3) is 0.167. The Balaban J connectivity index is 2.01. The maximum Gasteiger partial charge on any atom is 0.265 e. The summed E-state index contributed by atoms with van der Waals surface area (Å²) in [5, 5.41) is 6.39. The molecule has 6 heteroatoms. The van der Waals surface area contributed by atoms with Crippen molar-refractivity contribution in [3.63, 3.8) is 0 Å². The van der Waals surface area contributed by atoms with Crippen LogP contribution in [0, 0.1) is 0 Å². The van der Waals surface area contributed by atoms with Crippen molar-refractivity contribution >= 4 is 17.4 Å². The van der Waals surface area contributed by atoms with Gasteiger partial charge in [-0.05, 0) is 25.1 Å². The van der Waals surface area contributed by atoms with Gasteiger partial charge in [0.2, 0.25) is 0 Å². The average molecular weight is 245 g/mol. The number of nitrogen functional groups attached to an aromatic ring is 1. The molecule has 1 atom stereocenters. The van der Waals surface area contributed by atoms with Crippen LogP contribution in [0.2, 0.25) is 0 Å². The van der Waals surface area contributed by atoms with Gasteiger partial charge in [0, 0.05) is 11.6 Å². The van der Waals surface area contributed by atoms with E-state index < -0.39 is 6.10 Å². The Morgan fingerprint density at radius 1 is 1.39 bits per heavy atom. The SMILES string of the molecule is CC1Oc2ccc(-c3cc(N)no3)cc2NC1=O. The highest BCUT2D eigenvalue weighted by Crippen LogP contribution is 2.34. The highest BCUT2D eigenvalue weighted by Gasteiger charge is 2.23. The van der Waals surface area contributed by atoms with Crippen LogP contribution in [0.25, 0.3) is 11.3 Å². The molecular weight excluding hydrogens is 234 g/mol. The van der Waals surface area contributed by atoms with Gasteiger partial charge in [-0.2, -0.15) is 0 Å². The minimum Gasteiger partial charge on any atom is -0.479 e. The van der Waals surface area contributed by atoms with E-state index in [-0.39, 0.29) is 5.91 Å². The van der Waals surface area contributed by atoms with E-state index in [1.165, 1.54) is 0 Å². The van der Waals surface area contributed by atoms with E-state index >= 15 is 0 Å². The maximum absolute atomic E-state index is 11.5.